The fraction of sp³-hybridized carbons (Fsp3) is 0.400. The summed E-state index contributed by atoms with van der Waals surface area (Å²) >= 11 is 5.65. The molecule has 0 aliphatic rings. The summed E-state index contributed by atoms with van der Waals surface area (Å²) in [6, 6.07) is 6.71. The molecular weight excluding hydrogens is 243 g/mol. The van der Waals surface area contributed by atoms with Crippen LogP contribution in [0.1, 0.15) is 5.56 Å². The standard InChI is InChI=1S/C10H11ClF3NO/c11-8-3-1-7(2-4-8)5-15-6-9(16)10(12,13)14/h1-4,9,15-16H,5-6H2/t9-/m0/s1. The Bertz CT molecular complexity index is 326. The topological polar surface area (TPSA) is 32.3 Å². The van der Waals surface area contributed by atoms with E-state index < -0.39 is 18.8 Å². The molecule has 1 rings (SSSR count). The number of aliphatic hydroxyl groups is 1. The molecule has 0 aliphatic heterocycles. The molecule has 0 aliphatic carbocycles. The Morgan fingerprint density at radius 2 is 1.81 bits per heavy atom. The van der Waals surface area contributed by atoms with Crippen molar-refractivity contribution in [1.29, 1.82) is 0 Å². The Morgan fingerprint density at radius 1 is 1.25 bits per heavy atom. The van der Waals surface area contributed by atoms with Gasteiger partial charge < -0.3 is 10.4 Å². The number of nitrogens with one attached hydrogen (secondary N) is 1. The molecule has 0 radical (unpaired) electrons. The molecule has 90 valence electrons. The molecule has 1 aromatic rings. The zero-order chi connectivity index (χ0) is 12.2. The van der Waals surface area contributed by atoms with E-state index in [1.165, 1.54) is 0 Å². The van der Waals surface area contributed by atoms with Crippen molar-refractivity contribution in [2.24, 2.45) is 0 Å². The maximum Gasteiger partial charge on any atom is 0.415 e. The minimum atomic E-state index is -4.58. The number of alkyl halides is 3. The zero-order valence-corrected chi connectivity index (χ0v) is 9.02. The van der Waals surface area contributed by atoms with Gasteiger partial charge in [0.05, 0.1) is 0 Å². The number of hydrogen-bond donors (Lipinski definition) is 2. The van der Waals surface area contributed by atoms with Crippen LogP contribution in [0, 0.1) is 0 Å². The molecule has 0 spiro atoms. The Kier molecular flexibility index (Phi) is 4.58. The molecule has 0 aromatic heterocycles. The summed E-state index contributed by atoms with van der Waals surface area (Å²) in [5, 5.41) is 11.8. The van der Waals surface area contributed by atoms with Crippen molar-refractivity contribution in [3.05, 3.63) is 34.9 Å². The summed E-state index contributed by atoms with van der Waals surface area (Å²) in [6.45, 7) is -0.267. The Labute approximate surface area is 96.0 Å². The van der Waals surface area contributed by atoms with Crippen LogP contribution < -0.4 is 5.32 Å². The lowest BCUT2D eigenvalue weighted by Gasteiger charge is -2.14. The molecular formula is C10H11ClF3NO. The molecule has 2 N–H and O–H groups in total. The largest absolute Gasteiger partial charge is 0.415 e. The third-order valence-electron chi connectivity index (χ3n) is 1.96. The Balaban J connectivity index is 2.33. The highest BCUT2D eigenvalue weighted by Crippen LogP contribution is 2.19. The first-order chi connectivity index (χ1) is 7.39. The predicted octanol–water partition coefficient (Wildman–Crippen LogP) is 2.35. The highest BCUT2D eigenvalue weighted by molar-refractivity contribution is 6.30. The SMILES string of the molecule is O[C@@H](CNCc1ccc(Cl)cc1)C(F)(F)F. The van der Waals surface area contributed by atoms with Gasteiger partial charge in [0, 0.05) is 18.1 Å². The molecule has 0 fully saturated rings. The number of benzene rings is 1. The maximum atomic E-state index is 11.9. The molecule has 0 bridgehead atoms. The maximum absolute atomic E-state index is 11.9. The summed E-state index contributed by atoms with van der Waals surface area (Å²) in [5.41, 5.74) is 0.804. The van der Waals surface area contributed by atoms with Crippen LogP contribution in [0.5, 0.6) is 0 Å². The van der Waals surface area contributed by atoms with E-state index in [9.17, 15) is 13.2 Å². The molecule has 0 saturated carbocycles. The average Bonchev–Trinajstić information content (AvgIpc) is 2.19. The minimum Gasteiger partial charge on any atom is -0.382 e. The van der Waals surface area contributed by atoms with E-state index >= 15 is 0 Å². The second-order valence-corrected chi connectivity index (χ2v) is 3.75. The second-order valence-electron chi connectivity index (χ2n) is 3.31. The smallest absolute Gasteiger partial charge is 0.382 e. The van der Waals surface area contributed by atoms with Crippen molar-refractivity contribution >= 4 is 11.6 Å². The van der Waals surface area contributed by atoms with Crippen molar-refractivity contribution in [3.63, 3.8) is 0 Å². The van der Waals surface area contributed by atoms with Gasteiger partial charge in [0.25, 0.3) is 0 Å². The van der Waals surface area contributed by atoms with Gasteiger partial charge >= 0.3 is 6.18 Å². The van der Waals surface area contributed by atoms with E-state index in [1.807, 2.05) is 0 Å². The zero-order valence-electron chi connectivity index (χ0n) is 8.26. The number of hydrogen-bond acceptors (Lipinski definition) is 2. The summed E-state index contributed by atoms with van der Waals surface area (Å²) in [5.74, 6) is 0. The molecule has 0 heterocycles. The molecule has 1 aromatic carbocycles. The summed E-state index contributed by atoms with van der Waals surface area (Å²) in [6.07, 6.45) is -6.91. The number of rotatable bonds is 4. The van der Waals surface area contributed by atoms with E-state index in [0.29, 0.717) is 5.02 Å². The van der Waals surface area contributed by atoms with Gasteiger partial charge in [-0.1, -0.05) is 23.7 Å². The first-order valence-corrected chi connectivity index (χ1v) is 4.97. The summed E-state index contributed by atoms with van der Waals surface area (Å²) in [4.78, 5) is 0. The van der Waals surface area contributed by atoms with Crippen molar-refractivity contribution in [3.8, 4) is 0 Å². The van der Waals surface area contributed by atoms with Gasteiger partial charge in [0.2, 0.25) is 0 Å². The van der Waals surface area contributed by atoms with E-state index in [-0.39, 0.29) is 6.54 Å². The molecule has 6 heteroatoms. The van der Waals surface area contributed by atoms with Crippen molar-refractivity contribution in [2.45, 2.75) is 18.8 Å². The third-order valence-corrected chi connectivity index (χ3v) is 2.21. The Hall–Kier alpha value is -0.780. The third kappa shape index (κ3) is 4.38. The first-order valence-electron chi connectivity index (χ1n) is 4.59. The number of aliphatic hydroxyl groups excluding tert-OH is 1. The molecule has 0 saturated heterocycles. The second kappa shape index (κ2) is 5.52. The monoisotopic (exact) mass is 253 g/mol. The average molecular weight is 254 g/mol. The van der Waals surface area contributed by atoms with Gasteiger partial charge in [-0.3, -0.25) is 0 Å². The van der Waals surface area contributed by atoms with Crippen molar-refractivity contribution < 1.29 is 18.3 Å². The minimum absolute atomic E-state index is 0.254. The van der Waals surface area contributed by atoms with Crippen LogP contribution in [0.3, 0.4) is 0 Å². The van der Waals surface area contributed by atoms with Crippen molar-refractivity contribution in [1.82, 2.24) is 5.32 Å². The first kappa shape index (κ1) is 13.3. The van der Waals surface area contributed by atoms with Gasteiger partial charge in [-0.25, -0.2) is 0 Å². The van der Waals surface area contributed by atoms with E-state index in [0.717, 1.165) is 5.56 Å². The fourth-order valence-corrected chi connectivity index (χ4v) is 1.20. The lowest BCUT2D eigenvalue weighted by atomic mass is 10.2. The van der Waals surface area contributed by atoms with Crippen molar-refractivity contribution in [2.75, 3.05) is 6.54 Å². The lowest BCUT2D eigenvalue weighted by molar-refractivity contribution is -0.201. The van der Waals surface area contributed by atoms with Gasteiger partial charge in [-0.05, 0) is 17.7 Å². The summed E-state index contributed by atoms with van der Waals surface area (Å²) < 4.78 is 35.8. The van der Waals surface area contributed by atoms with Gasteiger partial charge in [0.15, 0.2) is 6.10 Å². The van der Waals surface area contributed by atoms with Crippen LogP contribution in [0.4, 0.5) is 13.2 Å². The normalized spacial score (nSPS) is 13.8. The quantitative estimate of drug-likeness (QED) is 0.863. The van der Waals surface area contributed by atoms with E-state index in [2.05, 4.69) is 5.32 Å². The Morgan fingerprint density at radius 3 is 2.31 bits per heavy atom. The van der Waals surface area contributed by atoms with Crippen LogP contribution in [-0.2, 0) is 6.54 Å². The van der Waals surface area contributed by atoms with Crippen LogP contribution >= 0.6 is 11.6 Å². The van der Waals surface area contributed by atoms with Gasteiger partial charge in [-0.15, -0.1) is 0 Å². The van der Waals surface area contributed by atoms with Crippen LogP contribution in [-0.4, -0.2) is 23.9 Å². The molecule has 0 unspecified atom stereocenters. The fourth-order valence-electron chi connectivity index (χ4n) is 1.07. The van der Waals surface area contributed by atoms with Crippen LogP contribution in [0.15, 0.2) is 24.3 Å². The van der Waals surface area contributed by atoms with Crippen LogP contribution in [0.2, 0.25) is 5.02 Å². The van der Waals surface area contributed by atoms with Crippen LogP contribution in [0.25, 0.3) is 0 Å². The molecule has 2 nitrogen and oxygen atoms in total. The highest BCUT2D eigenvalue weighted by Gasteiger charge is 2.37. The number of halogens is 4. The van der Waals surface area contributed by atoms with Gasteiger partial charge in [0.1, 0.15) is 0 Å². The summed E-state index contributed by atoms with van der Waals surface area (Å²) in [7, 11) is 0. The molecule has 0 amide bonds. The molecule has 16 heavy (non-hydrogen) atoms. The van der Waals surface area contributed by atoms with Gasteiger partial charge in [-0.2, -0.15) is 13.2 Å². The van der Waals surface area contributed by atoms with E-state index in [1.54, 1.807) is 24.3 Å². The highest BCUT2D eigenvalue weighted by atomic mass is 35.5. The van der Waals surface area contributed by atoms with E-state index in [4.69, 9.17) is 16.7 Å². The predicted molar refractivity (Wildman–Crippen MR) is 55.2 cm³/mol. The lowest BCUT2D eigenvalue weighted by Crippen LogP contribution is -2.38. The molecule has 1 atom stereocenters.